The van der Waals surface area contributed by atoms with Gasteiger partial charge in [-0.1, -0.05) is 18.2 Å². The minimum absolute atomic E-state index is 0.240. The first-order valence-corrected chi connectivity index (χ1v) is 6.85. The molecule has 0 aliphatic rings. The Hall–Kier alpha value is -1.59. The van der Waals surface area contributed by atoms with Gasteiger partial charge in [-0.05, 0) is 35.8 Å². The molecule has 0 radical (unpaired) electrons. The SMILES string of the molecule is NC(=S)Nc1ccccc1OCCc1cccs1. The number of thiophene rings is 1. The quantitative estimate of drug-likeness (QED) is 0.825. The molecule has 0 amide bonds. The van der Waals surface area contributed by atoms with E-state index in [-0.39, 0.29) is 5.11 Å². The summed E-state index contributed by atoms with van der Waals surface area (Å²) < 4.78 is 5.74. The minimum atomic E-state index is 0.240. The Morgan fingerprint density at radius 2 is 2.11 bits per heavy atom. The fourth-order valence-corrected chi connectivity index (χ4v) is 2.35. The highest BCUT2D eigenvalue weighted by atomic mass is 32.1. The molecule has 2 aromatic rings. The van der Waals surface area contributed by atoms with Crippen LogP contribution in [-0.2, 0) is 6.42 Å². The molecule has 0 atom stereocenters. The van der Waals surface area contributed by atoms with Gasteiger partial charge in [0.2, 0.25) is 0 Å². The Balaban J connectivity index is 1.94. The molecule has 0 saturated heterocycles. The van der Waals surface area contributed by atoms with Crippen LogP contribution in [0.3, 0.4) is 0 Å². The van der Waals surface area contributed by atoms with E-state index in [2.05, 4.69) is 16.8 Å². The van der Waals surface area contributed by atoms with Gasteiger partial charge < -0.3 is 15.8 Å². The Morgan fingerprint density at radius 3 is 2.83 bits per heavy atom. The first-order valence-electron chi connectivity index (χ1n) is 5.56. The van der Waals surface area contributed by atoms with Gasteiger partial charge in [-0.15, -0.1) is 11.3 Å². The lowest BCUT2D eigenvalue weighted by Gasteiger charge is -2.11. The van der Waals surface area contributed by atoms with Crippen LogP contribution in [0.2, 0.25) is 0 Å². The van der Waals surface area contributed by atoms with Crippen LogP contribution in [-0.4, -0.2) is 11.7 Å². The molecule has 5 heteroatoms. The van der Waals surface area contributed by atoms with Crippen molar-refractivity contribution in [3.05, 3.63) is 46.7 Å². The Morgan fingerprint density at radius 1 is 1.28 bits per heavy atom. The molecule has 3 N–H and O–H groups in total. The van der Waals surface area contributed by atoms with E-state index >= 15 is 0 Å². The van der Waals surface area contributed by atoms with Crippen LogP contribution < -0.4 is 15.8 Å². The number of nitrogens with one attached hydrogen (secondary N) is 1. The summed E-state index contributed by atoms with van der Waals surface area (Å²) in [5, 5.41) is 5.21. The summed E-state index contributed by atoms with van der Waals surface area (Å²) in [6, 6.07) is 11.8. The maximum atomic E-state index is 5.74. The molecule has 3 nitrogen and oxygen atoms in total. The van der Waals surface area contributed by atoms with Crippen molar-refractivity contribution in [2.45, 2.75) is 6.42 Å². The molecule has 0 fully saturated rings. The van der Waals surface area contributed by atoms with E-state index in [4.69, 9.17) is 22.7 Å². The topological polar surface area (TPSA) is 47.3 Å². The molecule has 94 valence electrons. The normalized spacial score (nSPS) is 10.0. The van der Waals surface area contributed by atoms with Crippen LogP contribution in [0.5, 0.6) is 5.75 Å². The summed E-state index contributed by atoms with van der Waals surface area (Å²) in [5.74, 6) is 0.766. The largest absolute Gasteiger partial charge is 0.491 e. The molecule has 18 heavy (non-hydrogen) atoms. The van der Waals surface area contributed by atoms with Crippen molar-refractivity contribution in [2.75, 3.05) is 11.9 Å². The number of hydrogen-bond donors (Lipinski definition) is 2. The summed E-state index contributed by atoms with van der Waals surface area (Å²) in [6.07, 6.45) is 0.902. The Labute approximate surface area is 116 Å². The summed E-state index contributed by atoms with van der Waals surface area (Å²) in [5.41, 5.74) is 6.27. The lowest BCUT2D eigenvalue weighted by molar-refractivity contribution is 0.324. The highest BCUT2D eigenvalue weighted by Crippen LogP contribution is 2.23. The van der Waals surface area contributed by atoms with Crippen LogP contribution in [0.4, 0.5) is 5.69 Å². The molecule has 0 saturated carbocycles. The molecule has 2 rings (SSSR count). The number of para-hydroxylation sites is 2. The third kappa shape index (κ3) is 3.72. The monoisotopic (exact) mass is 278 g/mol. The van der Waals surface area contributed by atoms with Crippen molar-refractivity contribution in [3.63, 3.8) is 0 Å². The van der Waals surface area contributed by atoms with Crippen LogP contribution in [0, 0.1) is 0 Å². The number of hydrogen-bond acceptors (Lipinski definition) is 3. The van der Waals surface area contributed by atoms with Crippen molar-refractivity contribution in [1.82, 2.24) is 0 Å². The van der Waals surface area contributed by atoms with Gasteiger partial charge in [0.15, 0.2) is 5.11 Å². The van der Waals surface area contributed by atoms with Crippen LogP contribution in [0.1, 0.15) is 4.88 Å². The third-order valence-corrected chi connectivity index (χ3v) is 3.37. The Bertz CT molecular complexity index is 511. The molecule has 1 heterocycles. The van der Waals surface area contributed by atoms with Gasteiger partial charge in [0.25, 0.3) is 0 Å². The number of benzene rings is 1. The van der Waals surface area contributed by atoms with E-state index in [0.717, 1.165) is 17.9 Å². The standard InChI is InChI=1S/C13H14N2OS2/c14-13(17)15-11-5-1-2-6-12(11)16-8-7-10-4-3-9-18-10/h1-6,9H,7-8H2,(H3,14,15,17). The van der Waals surface area contributed by atoms with Gasteiger partial charge >= 0.3 is 0 Å². The van der Waals surface area contributed by atoms with E-state index in [9.17, 15) is 0 Å². The molecular formula is C13H14N2OS2. The van der Waals surface area contributed by atoms with Crippen molar-refractivity contribution >= 4 is 34.4 Å². The number of nitrogens with two attached hydrogens (primary N) is 1. The molecule has 0 unspecified atom stereocenters. The summed E-state index contributed by atoms with van der Waals surface area (Å²) in [4.78, 5) is 1.31. The first kappa shape index (κ1) is 12.9. The second-order valence-corrected chi connectivity index (χ2v) is 5.14. The number of thiocarbonyl (C=S) groups is 1. The average Bonchev–Trinajstić information content (AvgIpc) is 2.84. The highest BCUT2D eigenvalue weighted by molar-refractivity contribution is 7.80. The Kier molecular flexibility index (Phi) is 4.55. The van der Waals surface area contributed by atoms with E-state index in [1.54, 1.807) is 11.3 Å². The van der Waals surface area contributed by atoms with Gasteiger partial charge in [-0.25, -0.2) is 0 Å². The molecule has 0 bridgehead atoms. The van der Waals surface area contributed by atoms with Gasteiger partial charge in [-0.3, -0.25) is 0 Å². The summed E-state index contributed by atoms with van der Waals surface area (Å²) >= 11 is 6.56. The predicted octanol–water partition coefficient (Wildman–Crippen LogP) is 3.03. The smallest absolute Gasteiger partial charge is 0.168 e. The number of anilines is 1. The molecule has 0 aliphatic heterocycles. The third-order valence-electron chi connectivity index (χ3n) is 2.33. The number of rotatable bonds is 5. The molecule has 1 aromatic heterocycles. The van der Waals surface area contributed by atoms with Crippen molar-refractivity contribution in [2.24, 2.45) is 5.73 Å². The lowest BCUT2D eigenvalue weighted by atomic mass is 10.3. The van der Waals surface area contributed by atoms with E-state index in [0.29, 0.717) is 6.61 Å². The zero-order valence-corrected chi connectivity index (χ0v) is 11.4. The zero-order chi connectivity index (χ0) is 12.8. The predicted molar refractivity (Wildman–Crippen MR) is 80.4 cm³/mol. The van der Waals surface area contributed by atoms with Gasteiger partial charge in [0.1, 0.15) is 5.75 Å². The molecule has 1 aromatic carbocycles. The van der Waals surface area contributed by atoms with Gasteiger partial charge in [0, 0.05) is 11.3 Å². The van der Waals surface area contributed by atoms with E-state index in [1.807, 2.05) is 30.3 Å². The van der Waals surface area contributed by atoms with Crippen LogP contribution in [0.15, 0.2) is 41.8 Å². The van der Waals surface area contributed by atoms with Gasteiger partial charge in [0.05, 0.1) is 12.3 Å². The molecule has 0 spiro atoms. The van der Waals surface area contributed by atoms with Crippen molar-refractivity contribution in [1.29, 1.82) is 0 Å². The lowest BCUT2D eigenvalue weighted by Crippen LogP contribution is -2.19. The maximum Gasteiger partial charge on any atom is 0.168 e. The zero-order valence-electron chi connectivity index (χ0n) is 9.76. The highest BCUT2D eigenvalue weighted by Gasteiger charge is 2.03. The first-order chi connectivity index (χ1) is 8.75. The van der Waals surface area contributed by atoms with Crippen LogP contribution in [0.25, 0.3) is 0 Å². The fourth-order valence-electron chi connectivity index (χ4n) is 1.54. The summed E-state index contributed by atoms with van der Waals surface area (Å²) in [6.45, 7) is 0.635. The summed E-state index contributed by atoms with van der Waals surface area (Å²) in [7, 11) is 0. The molecular weight excluding hydrogens is 264 g/mol. The second-order valence-electron chi connectivity index (χ2n) is 3.66. The van der Waals surface area contributed by atoms with E-state index < -0.39 is 0 Å². The maximum absolute atomic E-state index is 5.74. The van der Waals surface area contributed by atoms with E-state index in [1.165, 1.54) is 4.88 Å². The number of ether oxygens (including phenoxy) is 1. The molecule has 0 aliphatic carbocycles. The second kappa shape index (κ2) is 6.37. The van der Waals surface area contributed by atoms with Crippen molar-refractivity contribution in [3.8, 4) is 5.75 Å². The van der Waals surface area contributed by atoms with Crippen LogP contribution >= 0.6 is 23.6 Å². The minimum Gasteiger partial charge on any atom is -0.491 e. The van der Waals surface area contributed by atoms with Crippen molar-refractivity contribution < 1.29 is 4.74 Å². The fraction of sp³-hybridized carbons (Fsp3) is 0.154. The van der Waals surface area contributed by atoms with Gasteiger partial charge in [-0.2, -0.15) is 0 Å². The average molecular weight is 278 g/mol.